The van der Waals surface area contributed by atoms with Crippen LogP contribution in [0.25, 0.3) is 16.6 Å². The second kappa shape index (κ2) is 4.28. The van der Waals surface area contributed by atoms with E-state index in [-0.39, 0.29) is 0 Å². The predicted molar refractivity (Wildman–Crippen MR) is 74.6 cm³/mol. The third-order valence-electron chi connectivity index (χ3n) is 3.10. The number of nitrogen functional groups attached to an aromatic ring is 1. The molecule has 0 spiro atoms. The number of aromatic nitrogens is 3. The summed E-state index contributed by atoms with van der Waals surface area (Å²) in [5, 5.41) is 6.33. The lowest BCUT2D eigenvalue weighted by atomic mass is 10.1. The molecule has 19 heavy (non-hydrogen) atoms. The average molecular weight is 254 g/mol. The van der Waals surface area contributed by atoms with Crippen LogP contribution in [0.5, 0.6) is 5.75 Å². The van der Waals surface area contributed by atoms with Crippen molar-refractivity contribution in [3.63, 3.8) is 0 Å². The summed E-state index contributed by atoms with van der Waals surface area (Å²) in [5.41, 5.74) is 6.73. The molecular formula is C14H14N4O. The molecule has 2 aromatic heterocycles. The van der Waals surface area contributed by atoms with Crippen LogP contribution >= 0.6 is 0 Å². The maximum atomic E-state index is 5.79. The fourth-order valence-electron chi connectivity index (χ4n) is 2.02. The maximum absolute atomic E-state index is 5.79. The van der Waals surface area contributed by atoms with Gasteiger partial charge in [-0.15, -0.1) is 5.10 Å². The lowest BCUT2D eigenvalue weighted by molar-refractivity contribution is 0.415. The fourth-order valence-corrected chi connectivity index (χ4v) is 2.02. The third-order valence-corrected chi connectivity index (χ3v) is 3.10. The molecule has 5 heteroatoms. The number of pyridine rings is 1. The van der Waals surface area contributed by atoms with E-state index in [4.69, 9.17) is 10.5 Å². The number of rotatable bonds is 2. The van der Waals surface area contributed by atoms with Crippen LogP contribution in [0.2, 0.25) is 0 Å². The van der Waals surface area contributed by atoms with Crippen molar-refractivity contribution in [2.45, 2.75) is 6.92 Å². The molecule has 3 aromatic rings. The van der Waals surface area contributed by atoms with Gasteiger partial charge in [-0.05, 0) is 30.5 Å². The monoisotopic (exact) mass is 254 g/mol. The Labute approximate surface area is 110 Å². The van der Waals surface area contributed by atoms with E-state index >= 15 is 0 Å². The number of ether oxygens (including phenoxy) is 1. The molecule has 0 saturated heterocycles. The summed E-state index contributed by atoms with van der Waals surface area (Å²) in [6.07, 6.45) is 3.63. The third kappa shape index (κ3) is 1.89. The van der Waals surface area contributed by atoms with Crippen LogP contribution in [0.3, 0.4) is 0 Å². The average Bonchev–Trinajstić information content (AvgIpc) is 2.77. The van der Waals surface area contributed by atoms with E-state index in [0.717, 1.165) is 27.9 Å². The predicted octanol–water partition coefficient (Wildman–Crippen LogP) is 2.32. The fraction of sp³-hybridized carbons (Fsp3) is 0.143. The molecule has 5 nitrogen and oxygen atoms in total. The number of fused-ring (bicyclic) bond motifs is 1. The number of benzene rings is 1. The van der Waals surface area contributed by atoms with Crippen molar-refractivity contribution in [3.05, 3.63) is 42.2 Å². The van der Waals surface area contributed by atoms with Gasteiger partial charge in [-0.3, -0.25) is 0 Å². The van der Waals surface area contributed by atoms with Crippen molar-refractivity contribution in [1.29, 1.82) is 0 Å². The summed E-state index contributed by atoms with van der Waals surface area (Å²) in [6, 6.07) is 7.83. The molecule has 0 aliphatic carbocycles. The van der Waals surface area contributed by atoms with Gasteiger partial charge in [0.15, 0.2) is 5.82 Å². The van der Waals surface area contributed by atoms with E-state index in [1.54, 1.807) is 18.0 Å². The lowest BCUT2D eigenvalue weighted by Gasteiger charge is -2.07. The Balaban J connectivity index is 2.27. The largest absolute Gasteiger partial charge is 0.497 e. The Bertz CT molecular complexity index is 729. The summed E-state index contributed by atoms with van der Waals surface area (Å²) in [4.78, 5) is 4.40. The molecule has 0 radical (unpaired) electrons. The van der Waals surface area contributed by atoms with Gasteiger partial charge in [0.25, 0.3) is 0 Å². The first-order chi connectivity index (χ1) is 9.19. The molecule has 0 atom stereocenters. The highest BCUT2D eigenvalue weighted by Gasteiger charge is 2.09. The Morgan fingerprint density at radius 3 is 2.79 bits per heavy atom. The molecule has 96 valence electrons. The van der Waals surface area contributed by atoms with E-state index in [2.05, 4.69) is 10.1 Å². The van der Waals surface area contributed by atoms with Gasteiger partial charge >= 0.3 is 0 Å². The highest BCUT2D eigenvalue weighted by Crippen LogP contribution is 2.25. The van der Waals surface area contributed by atoms with E-state index in [9.17, 15) is 0 Å². The molecular weight excluding hydrogens is 240 g/mol. The topological polar surface area (TPSA) is 66.0 Å². The van der Waals surface area contributed by atoms with Crippen LogP contribution in [-0.2, 0) is 0 Å². The highest BCUT2D eigenvalue weighted by atomic mass is 16.5. The van der Waals surface area contributed by atoms with Gasteiger partial charge in [0.05, 0.1) is 7.11 Å². The molecule has 0 unspecified atom stereocenters. The minimum atomic E-state index is 0.515. The summed E-state index contributed by atoms with van der Waals surface area (Å²) >= 11 is 0. The molecule has 0 aliphatic heterocycles. The van der Waals surface area contributed by atoms with E-state index in [0.29, 0.717) is 5.82 Å². The zero-order valence-electron chi connectivity index (χ0n) is 10.8. The summed E-state index contributed by atoms with van der Waals surface area (Å²) in [6.45, 7) is 1.92. The normalized spacial score (nSPS) is 10.8. The van der Waals surface area contributed by atoms with Crippen LogP contribution in [0.4, 0.5) is 5.82 Å². The molecule has 2 N–H and O–H groups in total. The van der Waals surface area contributed by atoms with Gasteiger partial charge in [-0.2, -0.15) is 0 Å². The zero-order chi connectivity index (χ0) is 13.4. The van der Waals surface area contributed by atoms with Crippen molar-refractivity contribution < 1.29 is 4.74 Å². The summed E-state index contributed by atoms with van der Waals surface area (Å²) in [5.74, 6) is 2.05. The Morgan fingerprint density at radius 2 is 2.11 bits per heavy atom. The Morgan fingerprint density at radius 1 is 1.26 bits per heavy atom. The molecule has 0 saturated carbocycles. The van der Waals surface area contributed by atoms with Gasteiger partial charge in [0.2, 0.25) is 0 Å². The molecule has 0 bridgehead atoms. The van der Waals surface area contributed by atoms with E-state index < -0.39 is 0 Å². The SMILES string of the molecule is COc1ccc2ccnc(-n3cc(C)c(N)n3)c2c1. The number of hydrogen-bond donors (Lipinski definition) is 1. The highest BCUT2D eigenvalue weighted by molar-refractivity contribution is 5.89. The molecule has 0 amide bonds. The maximum Gasteiger partial charge on any atom is 0.161 e. The van der Waals surface area contributed by atoms with Crippen LogP contribution in [0, 0.1) is 6.92 Å². The van der Waals surface area contributed by atoms with Crippen molar-refractivity contribution >= 4 is 16.6 Å². The number of hydrogen-bond acceptors (Lipinski definition) is 4. The molecule has 0 aliphatic rings. The minimum absolute atomic E-state index is 0.515. The van der Waals surface area contributed by atoms with Gasteiger partial charge < -0.3 is 10.5 Å². The quantitative estimate of drug-likeness (QED) is 0.762. The Hall–Kier alpha value is -2.56. The van der Waals surface area contributed by atoms with Crippen molar-refractivity contribution in [2.75, 3.05) is 12.8 Å². The van der Waals surface area contributed by atoms with Crippen molar-refractivity contribution in [3.8, 4) is 11.6 Å². The standard InChI is InChI=1S/C14H14N4O/c1-9-8-18(17-13(9)15)14-12-7-11(19-2)4-3-10(12)5-6-16-14/h3-8H,1-2H3,(H2,15,17). The van der Waals surface area contributed by atoms with Gasteiger partial charge in [-0.25, -0.2) is 9.67 Å². The summed E-state index contributed by atoms with van der Waals surface area (Å²) < 4.78 is 6.96. The van der Waals surface area contributed by atoms with Gasteiger partial charge in [-0.1, -0.05) is 6.07 Å². The number of nitrogens with zero attached hydrogens (tertiary/aromatic N) is 3. The van der Waals surface area contributed by atoms with Crippen LogP contribution in [0.15, 0.2) is 36.7 Å². The Kier molecular flexibility index (Phi) is 2.59. The van der Waals surface area contributed by atoms with Crippen molar-refractivity contribution in [2.24, 2.45) is 0 Å². The molecule has 0 fully saturated rings. The van der Waals surface area contributed by atoms with Crippen LogP contribution < -0.4 is 10.5 Å². The van der Waals surface area contributed by atoms with Gasteiger partial charge in [0.1, 0.15) is 11.6 Å². The lowest BCUT2D eigenvalue weighted by Crippen LogP contribution is -2.00. The first kappa shape index (κ1) is 11.5. The second-order valence-electron chi connectivity index (χ2n) is 4.36. The number of methoxy groups -OCH3 is 1. The van der Waals surface area contributed by atoms with Gasteiger partial charge in [0, 0.05) is 23.3 Å². The number of nitrogens with two attached hydrogens (primary N) is 1. The smallest absolute Gasteiger partial charge is 0.161 e. The van der Waals surface area contributed by atoms with Crippen molar-refractivity contribution in [1.82, 2.24) is 14.8 Å². The first-order valence-electron chi connectivity index (χ1n) is 5.94. The molecule has 2 heterocycles. The zero-order valence-corrected chi connectivity index (χ0v) is 10.8. The van der Waals surface area contributed by atoms with E-state index in [1.165, 1.54) is 0 Å². The number of anilines is 1. The molecule has 1 aromatic carbocycles. The molecule has 3 rings (SSSR count). The van der Waals surface area contributed by atoms with E-state index in [1.807, 2.05) is 37.4 Å². The van der Waals surface area contributed by atoms with Crippen LogP contribution in [-0.4, -0.2) is 21.9 Å². The summed E-state index contributed by atoms with van der Waals surface area (Å²) in [7, 11) is 1.65. The first-order valence-corrected chi connectivity index (χ1v) is 5.94. The second-order valence-corrected chi connectivity index (χ2v) is 4.36. The van der Waals surface area contributed by atoms with Crippen LogP contribution in [0.1, 0.15) is 5.56 Å². The number of aryl methyl sites for hydroxylation is 1. The minimum Gasteiger partial charge on any atom is -0.497 e.